The van der Waals surface area contributed by atoms with E-state index in [0.717, 1.165) is 15.3 Å². The summed E-state index contributed by atoms with van der Waals surface area (Å²) in [5.41, 5.74) is 1.97. The van der Waals surface area contributed by atoms with Crippen LogP contribution in [0.5, 0.6) is 0 Å². The third-order valence-electron chi connectivity index (χ3n) is 4.76. The van der Waals surface area contributed by atoms with Crippen LogP contribution in [-0.2, 0) is 27.5 Å². The summed E-state index contributed by atoms with van der Waals surface area (Å²) in [5, 5.41) is 23.8. The van der Waals surface area contributed by atoms with Crippen LogP contribution in [0.3, 0.4) is 0 Å². The minimum Gasteiger partial charge on any atom is -0.481 e. The molecule has 11 heteroatoms. The Labute approximate surface area is 200 Å². The average molecular weight is 484 g/mol. The van der Waals surface area contributed by atoms with Gasteiger partial charge in [0.2, 0.25) is 5.16 Å². The Balaban J connectivity index is 1.56. The molecule has 0 radical (unpaired) electrons. The Kier molecular flexibility index (Phi) is 8.74. The summed E-state index contributed by atoms with van der Waals surface area (Å²) in [4.78, 5) is 38.0. The lowest BCUT2D eigenvalue weighted by atomic mass is 10.0. The molecule has 1 amide bonds. The van der Waals surface area contributed by atoms with Crippen LogP contribution in [0.15, 0.2) is 64.6 Å². The number of nitrogens with one attached hydrogen (secondary N) is 1. The number of benzene rings is 2. The van der Waals surface area contributed by atoms with Gasteiger partial charge in [-0.15, -0.1) is 10.2 Å². The number of aliphatic carboxylic acids is 1. The predicted octanol–water partition coefficient (Wildman–Crippen LogP) is 3.29. The van der Waals surface area contributed by atoms with Crippen LogP contribution in [0.1, 0.15) is 37.3 Å². The fraction of sp³-hybridized carbons (Fsp3) is 0.304. The molecule has 3 rings (SSSR count). The van der Waals surface area contributed by atoms with Crippen molar-refractivity contribution < 1.29 is 24.2 Å². The summed E-state index contributed by atoms with van der Waals surface area (Å²) in [6, 6.07) is 15.6. The van der Waals surface area contributed by atoms with Crippen LogP contribution in [0, 0.1) is 0 Å². The highest BCUT2D eigenvalue weighted by Crippen LogP contribution is 2.25. The second-order valence-corrected chi connectivity index (χ2v) is 8.79. The first-order chi connectivity index (χ1) is 16.3. The maximum atomic E-state index is 12.7. The van der Waals surface area contributed by atoms with Crippen molar-refractivity contribution in [2.45, 2.75) is 55.4 Å². The molecule has 0 saturated heterocycles. The van der Waals surface area contributed by atoms with E-state index in [1.165, 1.54) is 17.3 Å². The zero-order valence-corrected chi connectivity index (χ0v) is 19.6. The molecule has 178 valence electrons. The van der Waals surface area contributed by atoms with Crippen LogP contribution in [0.2, 0.25) is 0 Å². The summed E-state index contributed by atoms with van der Waals surface area (Å²) >= 11 is 1.29. The lowest BCUT2D eigenvalue weighted by Crippen LogP contribution is -2.44. The minimum absolute atomic E-state index is 0.00990. The third-order valence-corrected chi connectivity index (χ3v) is 5.61. The summed E-state index contributed by atoms with van der Waals surface area (Å²) in [7, 11) is 0. The van der Waals surface area contributed by atoms with Gasteiger partial charge in [-0.05, 0) is 46.2 Å². The largest absolute Gasteiger partial charge is 0.481 e. The number of nitrogens with zero attached hydrogens (tertiary/aromatic N) is 4. The Morgan fingerprint density at radius 1 is 1.09 bits per heavy atom. The molecule has 0 bridgehead atoms. The van der Waals surface area contributed by atoms with Crippen molar-refractivity contribution in [3.8, 4) is 0 Å². The van der Waals surface area contributed by atoms with E-state index in [4.69, 9.17) is 9.84 Å². The molecule has 3 aromatic rings. The standard InChI is InChI=1S/C23H25N5O5S/c1-15(2)17-8-10-18(11-9-17)34-22-25-27-28(26-22)13-20(29)19(12-21(30)31)24-23(32)33-14-16-6-4-3-5-7-16/h3-11,15,19H,12-14H2,1-2H3,(H,24,32)(H,30,31). The zero-order chi connectivity index (χ0) is 24.5. The lowest BCUT2D eigenvalue weighted by Gasteiger charge is -2.15. The van der Waals surface area contributed by atoms with Crippen LogP contribution in [-0.4, -0.2) is 49.2 Å². The monoisotopic (exact) mass is 483 g/mol. The number of alkyl carbamates (subject to hydrolysis) is 1. The van der Waals surface area contributed by atoms with E-state index in [1.807, 2.05) is 30.3 Å². The van der Waals surface area contributed by atoms with Crippen molar-refractivity contribution in [1.29, 1.82) is 0 Å². The number of tetrazole rings is 1. The highest BCUT2D eigenvalue weighted by molar-refractivity contribution is 7.99. The number of carbonyl (C=O) groups is 3. The number of amides is 1. The van der Waals surface area contributed by atoms with E-state index in [9.17, 15) is 14.4 Å². The number of hydrogen-bond donors (Lipinski definition) is 2. The number of Topliss-reactive ketones (excluding diaryl/α,β-unsaturated/α-hetero) is 1. The van der Waals surface area contributed by atoms with Gasteiger partial charge >= 0.3 is 12.1 Å². The van der Waals surface area contributed by atoms with Crippen molar-refractivity contribution in [3.05, 3.63) is 65.7 Å². The van der Waals surface area contributed by atoms with Gasteiger partial charge in [-0.3, -0.25) is 9.59 Å². The van der Waals surface area contributed by atoms with Crippen LogP contribution < -0.4 is 5.32 Å². The number of carboxylic acid groups (broad SMARTS) is 1. The van der Waals surface area contributed by atoms with Gasteiger partial charge in [-0.1, -0.05) is 56.3 Å². The molecule has 0 saturated carbocycles. The second kappa shape index (κ2) is 11.9. The lowest BCUT2D eigenvalue weighted by molar-refractivity contribution is -0.139. The fourth-order valence-corrected chi connectivity index (χ4v) is 3.63. The van der Waals surface area contributed by atoms with Crippen molar-refractivity contribution in [3.63, 3.8) is 0 Å². The Hall–Kier alpha value is -3.73. The SMILES string of the molecule is CC(C)c1ccc(Sc2nnn(CC(=O)C(CC(=O)O)NC(=O)OCc3ccccc3)n2)cc1. The zero-order valence-electron chi connectivity index (χ0n) is 18.7. The number of ketones is 1. The molecular weight excluding hydrogens is 458 g/mol. The quantitative estimate of drug-likeness (QED) is 0.421. The van der Waals surface area contributed by atoms with E-state index in [0.29, 0.717) is 11.1 Å². The maximum absolute atomic E-state index is 12.7. The first-order valence-corrected chi connectivity index (χ1v) is 11.4. The first kappa shape index (κ1) is 24.9. The molecule has 0 spiro atoms. The van der Waals surface area contributed by atoms with Gasteiger partial charge in [-0.2, -0.15) is 4.80 Å². The molecule has 34 heavy (non-hydrogen) atoms. The van der Waals surface area contributed by atoms with Crippen LogP contribution in [0.4, 0.5) is 4.79 Å². The highest BCUT2D eigenvalue weighted by atomic mass is 32.2. The molecule has 1 heterocycles. The van der Waals surface area contributed by atoms with E-state index >= 15 is 0 Å². The van der Waals surface area contributed by atoms with E-state index < -0.39 is 30.3 Å². The Morgan fingerprint density at radius 3 is 2.44 bits per heavy atom. The minimum atomic E-state index is -1.30. The van der Waals surface area contributed by atoms with Gasteiger partial charge in [0.25, 0.3) is 0 Å². The van der Waals surface area contributed by atoms with E-state index in [2.05, 4.69) is 34.6 Å². The Bertz CT molecular complexity index is 1120. The molecule has 0 aliphatic heterocycles. The van der Waals surface area contributed by atoms with E-state index in [1.54, 1.807) is 24.3 Å². The van der Waals surface area contributed by atoms with E-state index in [-0.39, 0.29) is 13.2 Å². The predicted molar refractivity (Wildman–Crippen MR) is 123 cm³/mol. The van der Waals surface area contributed by atoms with Crippen LogP contribution >= 0.6 is 11.8 Å². The smallest absolute Gasteiger partial charge is 0.408 e. The van der Waals surface area contributed by atoms with Gasteiger partial charge in [0, 0.05) is 4.90 Å². The number of carbonyl (C=O) groups excluding carboxylic acids is 2. The fourth-order valence-electron chi connectivity index (χ4n) is 2.94. The number of hydrogen-bond acceptors (Lipinski definition) is 8. The highest BCUT2D eigenvalue weighted by Gasteiger charge is 2.25. The molecule has 2 aromatic carbocycles. The second-order valence-electron chi connectivity index (χ2n) is 7.75. The van der Waals surface area contributed by atoms with Gasteiger partial charge in [0.05, 0.1) is 6.42 Å². The molecule has 0 fully saturated rings. The van der Waals surface area contributed by atoms with Crippen molar-refractivity contribution in [2.24, 2.45) is 0 Å². The molecule has 2 N–H and O–H groups in total. The summed E-state index contributed by atoms with van der Waals surface area (Å²) in [5.74, 6) is -1.41. The van der Waals surface area contributed by atoms with Gasteiger partial charge in [-0.25, -0.2) is 4.79 Å². The Morgan fingerprint density at radius 2 is 1.79 bits per heavy atom. The number of ether oxygens (including phenoxy) is 1. The van der Waals surface area contributed by atoms with Gasteiger partial charge in [0.15, 0.2) is 5.78 Å². The third kappa shape index (κ3) is 7.69. The first-order valence-electron chi connectivity index (χ1n) is 10.6. The van der Waals surface area contributed by atoms with Gasteiger partial charge < -0.3 is 15.2 Å². The summed E-state index contributed by atoms with van der Waals surface area (Å²) in [6.07, 6.45) is -1.49. The average Bonchev–Trinajstić information content (AvgIpc) is 3.24. The molecule has 0 aliphatic rings. The van der Waals surface area contributed by atoms with Crippen LogP contribution in [0.25, 0.3) is 0 Å². The molecule has 1 unspecified atom stereocenters. The summed E-state index contributed by atoms with van der Waals surface area (Å²) in [6.45, 7) is 3.87. The van der Waals surface area contributed by atoms with Gasteiger partial charge in [0.1, 0.15) is 19.2 Å². The molecule has 10 nitrogen and oxygen atoms in total. The summed E-state index contributed by atoms with van der Waals surface area (Å²) < 4.78 is 5.09. The molecular formula is C23H25N5O5S. The molecule has 0 aliphatic carbocycles. The maximum Gasteiger partial charge on any atom is 0.408 e. The van der Waals surface area contributed by atoms with Crippen molar-refractivity contribution in [1.82, 2.24) is 25.5 Å². The normalized spacial score (nSPS) is 11.7. The van der Waals surface area contributed by atoms with Crippen molar-refractivity contribution in [2.75, 3.05) is 0 Å². The molecule has 1 aromatic heterocycles. The topological polar surface area (TPSA) is 136 Å². The number of rotatable bonds is 11. The molecule has 1 atom stereocenters. The van der Waals surface area contributed by atoms with Crippen molar-refractivity contribution >= 4 is 29.6 Å². The number of aromatic nitrogens is 4. The number of carboxylic acids is 1.